The van der Waals surface area contributed by atoms with E-state index < -0.39 is 0 Å². The molecule has 0 unspecified atom stereocenters. The molecule has 0 fully saturated rings. The number of aromatic nitrogens is 1. The lowest BCUT2D eigenvalue weighted by Gasteiger charge is -2.16. The highest BCUT2D eigenvalue weighted by atomic mass is 16.5. The first-order valence-electron chi connectivity index (χ1n) is 12.5. The highest BCUT2D eigenvalue weighted by molar-refractivity contribution is 5.90. The number of methoxy groups -OCH3 is 1. The van der Waals surface area contributed by atoms with Crippen molar-refractivity contribution in [3.63, 3.8) is 0 Å². The molecule has 0 radical (unpaired) electrons. The van der Waals surface area contributed by atoms with Crippen LogP contribution in [0.1, 0.15) is 63.0 Å². The predicted molar refractivity (Wildman–Crippen MR) is 136 cm³/mol. The number of rotatable bonds is 17. The van der Waals surface area contributed by atoms with Gasteiger partial charge in [0, 0.05) is 26.1 Å². The van der Waals surface area contributed by atoms with Crippen LogP contribution in [0.4, 0.5) is 5.69 Å². The number of carbonyl (C=O) groups is 3. The summed E-state index contributed by atoms with van der Waals surface area (Å²) < 4.78 is 10.1. The molecule has 7 heteroatoms. The van der Waals surface area contributed by atoms with Gasteiger partial charge >= 0.3 is 5.97 Å². The van der Waals surface area contributed by atoms with Crippen molar-refractivity contribution in [3.8, 4) is 0 Å². The Labute approximate surface area is 208 Å². The first-order valence-corrected chi connectivity index (χ1v) is 12.5. The number of hydrogen-bond donors (Lipinski definition) is 1. The van der Waals surface area contributed by atoms with Gasteiger partial charge in [-0.15, -0.1) is 0 Å². The molecule has 0 aliphatic carbocycles. The molecule has 0 saturated carbocycles. The van der Waals surface area contributed by atoms with E-state index in [2.05, 4.69) is 10.3 Å². The second kappa shape index (κ2) is 16.5. The number of nitrogens with one attached hydrogen (secondary N) is 1. The molecule has 2 aromatic rings. The molecule has 0 spiro atoms. The van der Waals surface area contributed by atoms with Crippen LogP contribution in [-0.2, 0) is 36.7 Å². The Kier molecular flexibility index (Phi) is 13.3. The van der Waals surface area contributed by atoms with Gasteiger partial charge in [-0.1, -0.05) is 43.2 Å². The summed E-state index contributed by atoms with van der Waals surface area (Å²) >= 11 is 0. The second-order valence-electron chi connectivity index (χ2n) is 8.69. The maximum absolute atomic E-state index is 12.5. The van der Waals surface area contributed by atoms with Crippen LogP contribution in [0.2, 0.25) is 0 Å². The van der Waals surface area contributed by atoms with Crippen molar-refractivity contribution in [1.82, 2.24) is 4.98 Å². The molecule has 1 N–H and O–H groups in total. The number of nitrogens with zero attached hydrogens (tertiary/aromatic N) is 1. The summed E-state index contributed by atoms with van der Waals surface area (Å²) in [5.74, 6) is -0.351. The molecule has 35 heavy (non-hydrogen) atoms. The summed E-state index contributed by atoms with van der Waals surface area (Å²) in [6.07, 6.45) is 9.72. The number of aryl methyl sites for hydroxylation is 1. The van der Waals surface area contributed by atoms with Crippen LogP contribution in [0.5, 0.6) is 0 Å². The van der Waals surface area contributed by atoms with E-state index in [1.54, 1.807) is 12.4 Å². The van der Waals surface area contributed by atoms with Gasteiger partial charge in [0.05, 0.1) is 24.4 Å². The number of carbonyl (C=O) groups excluding carboxylic acids is 3. The zero-order chi connectivity index (χ0) is 25.3. The lowest BCUT2D eigenvalue weighted by Crippen LogP contribution is -2.21. The van der Waals surface area contributed by atoms with Gasteiger partial charge in [0.15, 0.2) is 5.78 Å². The van der Waals surface area contributed by atoms with Gasteiger partial charge < -0.3 is 14.8 Å². The molecule has 2 rings (SSSR count). The van der Waals surface area contributed by atoms with Crippen LogP contribution >= 0.6 is 0 Å². The van der Waals surface area contributed by atoms with Gasteiger partial charge in [-0.3, -0.25) is 19.4 Å². The largest absolute Gasteiger partial charge is 0.466 e. The Bertz CT molecular complexity index is 917. The number of anilines is 1. The van der Waals surface area contributed by atoms with Gasteiger partial charge in [-0.2, -0.15) is 0 Å². The van der Waals surface area contributed by atoms with E-state index in [0.717, 1.165) is 36.8 Å². The van der Waals surface area contributed by atoms with E-state index in [9.17, 15) is 14.4 Å². The minimum Gasteiger partial charge on any atom is -0.466 e. The van der Waals surface area contributed by atoms with E-state index in [0.29, 0.717) is 44.4 Å². The fraction of sp³-hybridized carbons (Fsp3) is 0.500. The van der Waals surface area contributed by atoms with Crippen LogP contribution in [0.25, 0.3) is 0 Å². The Morgan fingerprint density at radius 3 is 2.43 bits per heavy atom. The number of pyridine rings is 1. The fourth-order valence-electron chi connectivity index (χ4n) is 3.91. The van der Waals surface area contributed by atoms with E-state index in [-0.39, 0.29) is 30.2 Å². The number of amides is 1. The molecule has 1 atom stereocenters. The molecular formula is C28H38N2O5. The smallest absolute Gasteiger partial charge is 0.309 e. The minimum absolute atomic E-state index is 0.0483. The minimum atomic E-state index is -0.236. The van der Waals surface area contributed by atoms with Crippen LogP contribution in [-0.4, -0.2) is 43.0 Å². The average molecular weight is 483 g/mol. The summed E-state index contributed by atoms with van der Waals surface area (Å²) in [5.41, 5.74) is 2.73. The van der Waals surface area contributed by atoms with Gasteiger partial charge in [0.25, 0.3) is 0 Å². The predicted octanol–water partition coefficient (Wildman–Crippen LogP) is 4.93. The third kappa shape index (κ3) is 11.8. The standard InChI is InChI=1S/C28H38N2O5/c1-3-35-28(33)24(17-22-11-7-6-8-12-22)16-15-23-18-25(20-29-19-23)30-27(32)14-10-5-4-9-13-26(31)21-34-2/h6-8,11-12,18-20,24H,3-5,9-10,13-17,21H2,1-2H3,(H,30,32)/t24-/m0/s1. The van der Waals surface area contributed by atoms with Crippen LogP contribution < -0.4 is 5.32 Å². The fourth-order valence-corrected chi connectivity index (χ4v) is 3.91. The van der Waals surface area contributed by atoms with E-state index in [1.807, 2.05) is 43.3 Å². The number of Topliss-reactive ketones (excluding diaryl/α,β-unsaturated/α-hetero) is 1. The molecule has 0 aliphatic heterocycles. The Balaban J connectivity index is 1.78. The van der Waals surface area contributed by atoms with Crippen molar-refractivity contribution >= 4 is 23.3 Å². The lowest BCUT2D eigenvalue weighted by molar-refractivity contribution is -0.148. The highest BCUT2D eigenvalue weighted by Gasteiger charge is 2.20. The quantitative estimate of drug-likeness (QED) is 0.254. The average Bonchev–Trinajstić information content (AvgIpc) is 2.85. The van der Waals surface area contributed by atoms with Gasteiger partial charge in [-0.05, 0) is 56.2 Å². The van der Waals surface area contributed by atoms with Gasteiger partial charge in [0.1, 0.15) is 6.61 Å². The number of benzene rings is 1. The van der Waals surface area contributed by atoms with Crippen LogP contribution in [0.3, 0.4) is 0 Å². The topological polar surface area (TPSA) is 94.6 Å². The SMILES string of the molecule is CCOC(=O)[C@@H](CCc1cncc(NC(=O)CCCCCCC(=O)COC)c1)Cc1ccccc1. The number of hydrogen-bond acceptors (Lipinski definition) is 6. The normalized spacial score (nSPS) is 11.6. The number of ketones is 1. The van der Waals surface area contributed by atoms with Crippen molar-refractivity contribution in [3.05, 3.63) is 59.9 Å². The van der Waals surface area contributed by atoms with Gasteiger partial charge in [0.2, 0.25) is 5.91 Å². The molecule has 1 heterocycles. The summed E-state index contributed by atoms with van der Waals surface area (Å²) in [6, 6.07) is 11.9. The number of ether oxygens (including phenoxy) is 2. The summed E-state index contributed by atoms with van der Waals surface area (Å²) in [5, 5.41) is 2.92. The molecule has 1 aromatic carbocycles. The Morgan fingerprint density at radius 2 is 1.71 bits per heavy atom. The summed E-state index contributed by atoms with van der Waals surface area (Å²) in [6.45, 7) is 2.35. The zero-order valence-corrected chi connectivity index (χ0v) is 21.0. The molecular weight excluding hydrogens is 444 g/mol. The maximum atomic E-state index is 12.5. The summed E-state index contributed by atoms with van der Waals surface area (Å²) in [7, 11) is 1.52. The molecule has 1 aromatic heterocycles. The van der Waals surface area contributed by atoms with E-state index >= 15 is 0 Å². The first-order chi connectivity index (χ1) is 17.0. The third-order valence-electron chi connectivity index (χ3n) is 5.72. The van der Waals surface area contributed by atoms with Crippen LogP contribution in [0.15, 0.2) is 48.8 Å². The molecule has 0 aliphatic rings. The van der Waals surface area contributed by atoms with Crippen LogP contribution in [0, 0.1) is 5.92 Å². The van der Waals surface area contributed by atoms with Gasteiger partial charge in [-0.25, -0.2) is 0 Å². The molecule has 7 nitrogen and oxygen atoms in total. The Morgan fingerprint density at radius 1 is 0.971 bits per heavy atom. The van der Waals surface area contributed by atoms with Crippen molar-refractivity contribution < 1.29 is 23.9 Å². The monoisotopic (exact) mass is 482 g/mol. The van der Waals surface area contributed by atoms with E-state index in [1.165, 1.54) is 7.11 Å². The summed E-state index contributed by atoms with van der Waals surface area (Å²) in [4.78, 5) is 40.5. The Hall–Kier alpha value is -3.06. The van der Waals surface area contributed by atoms with Crippen molar-refractivity contribution in [2.75, 3.05) is 25.6 Å². The molecule has 0 bridgehead atoms. The van der Waals surface area contributed by atoms with Crippen molar-refractivity contribution in [2.24, 2.45) is 5.92 Å². The number of unbranched alkanes of at least 4 members (excludes halogenated alkanes) is 3. The maximum Gasteiger partial charge on any atom is 0.309 e. The third-order valence-corrected chi connectivity index (χ3v) is 5.72. The molecule has 0 saturated heterocycles. The first kappa shape index (κ1) is 28.2. The molecule has 1 amide bonds. The van der Waals surface area contributed by atoms with Crippen molar-refractivity contribution in [2.45, 2.75) is 64.7 Å². The van der Waals surface area contributed by atoms with E-state index in [4.69, 9.17) is 9.47 Å². The lowest BCUT2D eigenvalue weighted by atomic mass is 9.93. The van der Waals surface area contributed by atoms with Crippen molar-refractivity contribution in [1.29, 1.82) is 0 Å². The highest BCUT2D eigenvalue weighted by Crippen LogP contribution is 2.19. The molecule has 190 valence electrons. The second-order valence-corrected chi connectivity index (χ2v) is 8.69. The number of esters is 1. The zero-order valence-electron chi connectivity index (χ0n) is 21.0.